The molecule has 3 fully saturated rings. The van der Waals surface area contributed by atoms with E-state index in [0.717, 1.165) is 102 Å². The van der Waals surface area contributed by atoms with E-state index in [1.54, 1.807) is 25.4 Å². The maximum Gasteiger partial charge on any atom is 0.262 e. The van der Waals surface area contributed by atoms with Crippen molar-refractivity contribution in [1.82, 2.24) is 34.9 Å². The van der Waals surface area contributed by atoms with Crippen LogP contribution in [0, 0.1) is 5.92 Å². The Labute approximate surface area is 416 Å². The molecule has 0 radical (unpaired) electrons. The third-order valence-corrected chi connectivity index (χ3v) is 15.7. The molecular weight excluding hydrogens is 970 g/mol. The summed E-state index contributed by atoms with van der Waals surface area (Å²) in [5, 5.41) is 15.1. The Morgan fingerprint density at radius 1 is 0.771 bits per heavy atom. The van der Waals surface area contributed by atoms with Crippen LogP contribution in [0.3, 0.4) is 0 Å². The fraction of sp³-hybridized carbons (Fsp3) is 0.327. The van der Waals surface area contributed by atoms with Crippen molar-refractivity contribution in [2.75, 3.05) is 86.7 Å². The number of benzene rings is 4. The van der Waals surface area contributed by atoms with Crippen LogP contribution in [0.25, 0.3) is 22.3 Å². The van der Waals surface area contributed by atoms with Gasteiger partial charge in [-0.25, -0.2) is 4.98 Å². The highest BCUT2D eigenvalue weighted by Crippen LogP contribution is 2.42. The molecule has 4 amide bonds. The van der Waals surface area contributed by atoms with E-state index in [-0.39, 0.29) is 12.8 Å². The van der Waals surface area contributed by atoms with Gasteiger partial charge in [-0.1, -0.05) is 44.3 Å². The van der Waals surface area contributed by atoms with Crippen LogP contribution in [-0.4, -0.2) is 125 Å². The van der Waals surface area contributed by atoms with Gasteiger partial charge in [0.25, 0.3) is 11.8 Å². The Hall–Kier alpha value is -6.68. The summed E-state index contributed by atoms with van der Waals surface area (Å²) in [7, 11) is 3.17. The number of methoxy groups -OCH3 is 1. The minimum atomic E-state index is -0.980. The topological polar surface area (TPSA) is 170 Å². The van der Waals surface area contributed by atoms with Crippen LogP contribution in [0.2, 0.25) is 0 Å². The molecule has 0 spiro atoms. The SMILES string of the molecule is COc1cc(N2CCN(CC3CCN(c4ccc5c(c4)C(=O)N(C4CCC(=O)NC4=O)C5=O)CC3)CC2)c(-c2cnn(C)c2)cc1Nc1ncc(Br)c(Nc2ccc(-c3ccccc3)cc2P(C)C)n1. The molecule has 70 heavy (non-hydrogen) atoms. The second-order valence-electron chi connectivity index (χ2n) is 18.5. The Kier molecular flexibility index (Phi) is 13.4. The van der Waals surface area contributed by atoms with Crippen LogP contribution in [0.4, 0.5) is 34.5 Å². The van der Waals surface area contributed by atoms with Crippen molar-refractivity contribution in [3.8, 4) is 28.0 Å². The third kappa shape index (κ3) is 9.62. The molecule has 360 valence electrons. The number of nitrogens with one attached hydrogen (secondary N) is 3. The summed E-state index contributed by atoms with van der Waals surface area (Å²) in [6.07, 6.45) is 7.91. The minimum absolute atomic E-state index is 0.0893. The van der Waals surface area contributed by atoms with Gasteiger partial charge in [0, 0.05) is 106 Å². The Morgan fingerprint density at radius 3 is 2.26 bits per heavy atom. The van der Waals surface area contributed by atoms with Gasteiger partial charge in [0.1, 0.15) is 17.6 Å². The quantitative estimate of drug-likeness (QED) is 0.0764. The monoisotopic (exact) mass is 1020 g/mol. The van der Waals surface area contributed by atoms with E-state index < -0.39 is 37.6 Å². The largest absolute Gasteiger partial charge is 0.494 e. The van der Waals surface area contributed by atoms with E-state index >= 15 is 0 Å². The highest BCUT2D eigenvalue weighted by molar-refractivity contribution is 9.10. The molecule has 16 nitrogen and oxygen atoms in total. The van der Waals surface area contributed by atoms with Crippen molar-refractivity contribution in [2.45, 2.75) is 31.7 Å². The van der Waals surface area contributed by atoms with Gasteiger partial charge in [0.15, 0.2) is 0 Å². The molecule has 4 aromatic carbocycles. The lowest BCUT2D eigenvalue weighted by atomic mass is 9.95. The number of halogens is 1. The number of aryl methyl sites for hydroxylation is 1. The van der Waals surface area contributed by atoms with E-state index in [1.807, 2.05) is 36.3 Å². The summed E-state index contributed by atoms with van der Waals surface area (Å²) in [4.78, 5) is 68.9. The summed E-state index contributed by atoms with van der Waals surface area (Å²) in [6.45, 7) is 10.7. The lowest BCUT2D eigenvalue weighted by Crippen LogP contribution is -2.54. The van der Waals surface area contributed by atoms with Crippen LogP contribution in [0.1, 0.15) is 46.4 Å². The zero-order chi connectivity index (χ0) is 48.6. The van der Waals surface area contributed by atoms with Gasteiger partial charge in [-0.3, -0.25) is 39.0 Å². The molecule has 0 aliphatic carbocycles. The molecule has 10 rings (SSSR count). The number of ether oxygens (including phenoxy) is 1. The molecule has 0 bridgehead atoms. The molecule has 2 aromatic heterocycles. The first kappa shape index (κ1) is 47.0. The van der Waals surface area contributed by atoms with Crippen LogP contribution in [0.5, 0.6) is 5.75 Å². The number of carbonyl (C=O) groups excluding carboxylic acids is 4. The number of nitrogens with zero attached hydrogens (tertiary/aromatic N) is 8. The molecule has 0 saturated carbocycles. The Morgan fingerprint density at radius 2 is 1.54 bits per heavy atom. The molecule has 6 heterocycles. The second-order valence-corrected chi connectivity index (χ2v) is 21.6. The molecule has 3 N–H and O–H groups in total. The number of rotatable bonds is 13. The maximum atomic E-state index is 13.5. The van der Waals surface area contributed by atoms with Crippen LogP contribution < -0.4 is 35.8 Å². The maximum absolute atomic E-state index is 13.5. The number of amides is 4. The lowest BCUT2D eigenvalue weighted by molar-refractivity contribution is -0.136. The van der Waals surface area contributed by atoms with Crippen molar-refractivity contribution in [1.29, 1.82) is 0 Å². The molecule has 4 aliphatic rings. The van der Waals surface area contributed by atoms with E-state index in [4.69, 9.17) is 9.72 Å². The summed E-state index contributed by atoms with van der Waals surface area (Å²) in [5.41, 5.74) is 8.68. The second kappa shape index (κ2) is 20.0. The fourth-order valence-electron chi connectivity index (χ4n) is 10.0. The van der Waals surface area contributed by atoms with Gasteiger partial charge in [-0.2, -0.15) is 10.1 Å². The predicted molar refractivity (Wildman–Crippen MR) is 278 cm³/mol. The molecule has 18 heteroatoms. The summed E-state index contributed by atoms with van der Waals surface area (Å²) in [6, 6.07) is 25.6. The van der Waals surface area contributed by atoms with Crippen molar-refractivity contribution in [3.63, 3.8) is 0 Å². The Balaban J connectivity index is 0.791. The molecular formula is C52H55BrN11O5P. The third-order valence-electron chi connectivity index (χ3n) is 13.8. The van der Waals surface area contributed by atoms with Crippen LogP contribution >= 0.6 is 23.9 Å². The summed E-state index contributed by atoms with van der Waals surface area (Å²) in [5.74, 6) is 0.293. The first-order chi connectivity index (χ1) is 33.9. The number of aromatic nitrogens is 4. The minimum Gasteiger partial charge on any atom is -0.494 e. The molecule has 1 atom stereocenters. The normalized spacial score (nSPS) is 17.9. The van der Waals surface area contributed by atoms with E-state index in [0.29, 0.717) is 34.6 Å². The average Bonchev–Trinajstić information content (AvgIpc) is 3.91. The van der Waals surface area contributed by atoms with E-state index in [9.17, 15) is 19.2 Å². The number of hydrogen-bond acceptors (Lipinski definition) is 13. The van der Waals surface area contributed by atoms with Gasteiger partial charge in [0.2, 0.25) is 17.8 Å². The van der Waals surface area contributed by atoms with Gasteiger partial charge >= 0.3 is 0 Å². The van der Waals surface area contributed by atoms with Crippen LogP contribution in [-0.2, 0) is 16.6 Å². The lowest BCUT2D eigenvalue weighted by Gasteiger charge is -2.40. The van der Waals surface area contributed by atoms with Crippen molar-refractivity contribution in [3.05, 3.63) is 113 Å². The predicted octanol–water partition coefficient (Wildman–Crippen LogP) is 7.61. The van der Waals surface area contributed by atoms with Gasteiger partial charge in [-0.15, -0.1) is 0 Å². The van der Waals surface area contributed by atoms with Crippen molar-refractivity contribution >= 4 is 87.3 Å². The zero-order valence-corrected chi connectivity index (χ0v) is 42.1. The summed E-state index contributed by atoms with van der Waals surface area (Å²) >= 11 is 3.69. The molecule has 4 aliphatic heterocycles. The molecule has 6 aromatic rings. The number of hydrogen-bond donors (Lipinski definition) is 3. The number of anilines is 6. The standard InChI is InChI=1S/C52H55BrN11O5P/c1-60-31-35(28-55-60)38-26-42(57-52-54-29-40(53)48(59-52)56-41-13-10-34(24-46(41)70(3)4)33-8-6-5-7-9-33)45(69-2)27-44(38)63-22-20-61(21-23-63)30-32-16-18-62(19-17-32)36-11-12-37-39(25-36)51(68)64(50(37)67)43-14-15-47(65)58-49(43)66/h5-13,24-29,31-32,43H,14-23,30H2,1-4H3,(H,58,65,66)(H2,54,56,57,59). The van der Waals surface area contributed by atoms with Crippen molar-refractivity contribution in [2.24, 2.45) is 13.0 Å². The zero-order valence-electron chi connectivity index (χ0n) is 39.6. The number of imide groups is 2. The summed E-state index contributed by atoms with van der Waals surface area (Å²) < 4.78 is 8.61. The number of piperazine rings is 1. The van der Waals surface area contributed by atoms with Gasteiger partial charge in [0.05, 0.1) is 34.6 Å². The van der Waals surface area contributed by atoms with Crippen molar-refractivity contribution < 1.29 is 23.9 Å². The van der Waals surface area contributed by atoms with Gasteiger partial charge in [-0.05, 0) is 107 Å². The Bertz CT molecular complexity index is 2990. The smallest absolute Gasteiger partial charge is 0.262 e. The number of fused-ring (bicyclic) bond motifs is 1. The highest BCUT2D eigenvalue weighted by atomic mass is 79.9. The van der Waals surface area contributed by atoms with E-state index in [1.165, 1.54) is 16.4 Å². The highest BCUT2D eigenvalue weighted by Gasteiger charge is 2.45. The first-order valence-corrected chi connectivity index (χ1v) is 26.7. The molecule has 3 saturated heterocycles. The molecule has 1 unspecified atom stereocenters. The van der Waals surface area contributed by atoms with Crippen LogP contribution in [0.15, 0.2) is 102 Å². The number of piperidine rings is 2. The fourth-order valence-corrected chi connectivity index (χ4v) is 11.3. The first-order valence-electron chi connectivity index (χ1n) is 23.6. The number of carbonyl (C=O) groups is 4. The van der Waals surface area contributed by atoms with Gasteiger partial charge < -0.3 is 25.2 Å². The average molecular weight is 1020 g/mol. The van der Waals surface area contributed by atoms with E-state index in [2.05, 4.69) is 125 Å².